The number of carboxylic acid groups (broad SMARTS) is 1. The van der Waals surface area contributed by atoms with Crippen LogP contribution in [0.3, 0.4) is 0 Å². The number of aromatic amines is 2. The number of ether oxygens (including phenoxy) is 1. The van der Waals surface area contributed by atoms with Gasteiger partial charge in [-0.15, -0.1) is 0 Å². The second kappa shape index (κ2) is 8.82. The average molecular weight is 481 g/mol. The topological polar surface area (TPSA) is 111 Å². The number of carboxylic acids is 1. The number of rotatable bonds is 5. The second-order valence-corrected chi connectivity index (χ2v) is 11.4. The first-order chi connectivity index (χ1) is 16.3. The molecule has 1 aliphatic heterocycles. The van der Waals surface area contributed by atoms with Crippen molar-refractivity contribution in [2.24, 2.45) is 5.41 Å². The van der Waals surface area contributed by atoms with E-state index < -0.39 is 17.7 Å². The molecule has 188 valence electrons. The number of pyridine rings is 1. The van der Waals surface area contributed by atoms with E-state index in [0.29, 0.717) is 16.8 Å². The van der Waals surface area contributed by atoms with Crippen molar-refractivity contribution in [3.05, 3.63) is 45.6 Å². The highest BCUT2D eigenvalue weighted by molar-refractivity contribution is 5.91. The molecular formula is C27H36N4O4. The summed E-state index contributed by atoms with van der Waals surface area (Å²) in [7, 11) is 0. The van der Waals surface area contributed by atoms with Gasteiger partial charge in [0.1, 0.15) is 0 Å². The van der Waals surface area contributed by atoms with E-state index >= 15 is 0 Å². The summed E-state index contributed by atoms with van der Waals surface area (Å²) >= 11 is 0. The van der Waals surface area contributed by atoms with Gasteiger partial charge in [-0.1, -0.05) is 19.9 Å². The molecule has 0 unspecified atom stereocenters. The fourth-order valence-electron chi connectivity index (χ4n) is 4.94. The van der Waals surface area contributed by atoms with Gasteiger partial charge in [-0.05, 0) is 70.6 Å². The number of nitrogens with one attached hydrogen (secondary N) is 2. The smallest absolute Gasteiger partial charge is 0.337 e. The van der Waals surface area contributed by atoms with E-state index in [2.05, 4.69) is 28.7 Å². The third kappa shape index (κ3) is 5.12. The first-order valence-electron chi connectivity index (χ1n) is 12.1. The average Bonchev–Trinajstić information content (AvgIpc) is 3.10. The first kappa shape index (κ1) is 25.0. The van der Waals surface area contributed by atoms with Crippen molar-refractivity contribution in [3.63, 3.8) is 0 Å². The van der Waals surface area contributed by atoms with Gasteiger partial charge in [-0.3, -0.25) is 4.98 Å². The predicted octanol–water partition coefficient (Wildman–Crippen LogP) is 5.10. The molecule has 0 bridgehead atoms. The largest absolute Gasteiger partial charge is 0.479 e. The van der Waals surface area contributed by atoms with Crippen molar-refractivity contribution in [2.75, 3.05) is 18.0 Å². The summed E-state index contributed by atoms with van der Waals surface area (Å²) in [5, 5.41) is 10.3. The van der Waals surface area contributed by atoms with Crippen LogP contribution in [0.15, 0.2) is 23.0 Å². The number of aliphatic carboxylic acids is 1. The summed E-state index contributed by atoms with van der Waals surface area (Å²) in [5.74, 6) is -1.04. The maximum atomic E-state index is 12.6. The maximum absolute atomic E-state index is 12.6. The van der Waals surface area contributed by atoms with Crippen LogP contribution >= 0.6 is 0 Å². The van der Waals surface area contributed by atoms with E-state index in [0.717, 1.165) is 54.0 Å². The number of H-pyrrole nitrogens is 2. The lowest BCUT2D eigenvalue weighted by atomic mass is 9.81. The molecule has 0 spiro atoms. The van der Waals surface area contributed by atoms with Crippen LogP contribution < -0.4 is 10.6 Å². The van der Waals surface area contributed by atoms with Gasteiger partial charge in [0, 0.05) is 35.6 Å². The highest BCUT2D eigenvalue weighted by atomic mass is 16.5. The second-order valence-electron chi connectivity index (χ2n) is 11.4. The van der Waals surface area contributed by atoms with Crippen LogP contribution in [0.4, 0.5) is 5.69 Å². The minimum atomic E-state index is -1.16. The SMILES string of the molecule is Cc1nc(C)c([C@H](OC(C)(C)C)C(=O)O)c(N2CCC(C)(C)CC2)c1-c1ccc2[nH]c(=O)[nH]c2c1. The van der Waals surface area contributed by atoms with Gasteiger partial charge in [-0.2, -0.15) is 0 Å². The molecule has 0 saturated carbocycles. The highest BCUT2D eigenvalue weighted by Crippen LogP contribution is 2.45. The highest BCUT2D eigenvalue weighted by Gasteiger charge is 2.36. The van der Waals surface area contributed by atoms with Gasteiger partial charge in [0.15, 0.2) is 6.10 Å². The lowest BCUT2D eigenvalue weighted by molar-refractivity contribution is -0.160. The van der Waals surface area contributed by atoms with Crippen LogP contribution in [-0.4, -0.2) is 44.7 Å². The summed E-state index contributed by atoms with van der Waals surface area (Å²) in [6, 6.07) is 5.74. The zero-order valence-electron chi connectivity index (χ0n) is 21.7. The fourth-order valence-corrected chi connectivity index (χ4v) is 4.94. The van der Waals surface area contributed by atoms with Gasteiger partial charge < -0.3 is 24.7 Å². The molecule has 3 aromatic rings. The quantitative estimate of drug-likeness (QED) is 0.468. The number of hydrogen-bond donors (Lipinski definition) is 3. The number of piperidine rings is 1. The zero-order chi connectivity index (χ0) is 25.7. The summed E-state index contributed by atoms with van der Waals surface area (Å²) in [5.41, 5.74) is 5.38. The Kier molecular flexibility index (Phi) is 6.30. The monoisotopic (exact) mass is 480 g/mol. The Hall–Kier alpha value is -3.13. The Balaban J connectivity index is 2.00. The molecular weight excluding hydrogens is 444 g/mol. The number of fused-ring (bicyclic) bond motifs is 1. The molecule has 1 saturated heterocycles. The Morgan fingerprint density at radius 1 is 1.11 bits per heavy atom. The van der Waals surface area contributed by atoms with Crippen LogP contribution in [0.1, 0.15) is 70.5 Å². The van der Waals surface area contributed by atoms with Crippen molar-refractivity contribution in [2.45, 2.75) is 73.0 Å². The Labute approximate surface area is 205 Å². The zero-order valence-corrected chi connectivity index (χ0v) is 21.7. The molecule has 1 atom stereocenters. The molecule has 1 aromatic carbocycles. The van der Waals surface area contributed by atoms with Gasteiger partial charge >= 0.3 is 11.7 Å². The normalized spacial score (nSPS) is 17.1. The lowest BCUT2D eigenvalue weighted by Gasteiger charge is -2.41. The molecule has 3 N–H and O–H groups in total. The van der Waals surface area contributed by atoms with E-state index in [1.165, 1.54) is 0 Å². The van der Waals surface area contributed by atoms with Gasteiger partial charge in [0.25, 0.3) is 0 Å². The summed E-state index contributed by atoms with van der Waals surface area (Å²) in [4.78, 5) is 37.1. The number of benzene rings is 1. The van der Waals surface area contributed by atoms with Crippen molar-refractivity contribution in [3.8, 4) is 11.1 Å². The fraction of sp³-hybridized carbons (Fsp3) is 0.519. The standard InChI is InChI=1S/C27H36N4O4/c1-15-20(17-8-9-18-19(14-17)30-25(34)29-18)22(31-12-10-27(6,7)11-13-31)21(16(2)28-15)23(24(32)33)35-26(3,4)5/h8-9,14,23H,10-13H2,1-7H3,(H,32,33)(H2,29,30,34)/t23-/m0/s1. The van der Waals surface area contributed by atoms with E-state index in [-0.39, 0.29) is 11.1 Å². The Morgan fingerprint density at radius 3 is 2.34 bits per heavy atom. The number of nitrogens with zero attached hydrogens (tertiary/aromatic N) is 2. The van der Waals surface area contributed by atoms with Crippen LogP contribution in [0.2, 0.25) is 0 Å². The third-order valence-corrected chi connectivity index (χ3v) is 6.77. The van der Waals surface area contributed by atoms with Crippen molar-refractivity contribution in [1.82, 2.24) is 15.0 Å². The molecule has 2 aromatic heterocycles. The lowest BCUT2D eigenvalue weighted by Crippen LogP contribution is -2.39. The van der Waals surface area contributed by atoms with E-state index in [1.54, 1.807) is 0 Å². The minimum absolute atomic E-state index is 0.228. The Morgan fingerprint density at radius 2 is 1.74 bits per heavy atom. The number of hydrogen-bond acceptors (Lipinski definition) is 5. The Bertz CT molecular complexity index is 1320. The molecule has 8 nitrogen and oxygen atoms in total. The molecule has 0 amide bonds. The van der Waals surface area contributed by atoms with Gasteiger partial charge in [0.05, 0.1) is 22.3 Å². The minimum Gasteiger partial charge on any atom is -0.479 e. The van der Waals surface area contributed by atoms with Crippen molar-refractivity contribution < 1.29 is 14.6 Å². The maximum Gasteiger partial charge on any atom is 0.337 e. The number of anilines is 1. The first-order valence-corrected chi connectivity index (χ1v) is 12.1. The summed E-state index contributed by atoms with van der Waals surface area (Å²) in [6.07, 6.45) is 0.824. The third-order valence-electron chi connectivity index (χ3n) is 6.77. The van der Waals surface area contributed by atoms with Crippen molar-refractivity contribution in [1.29, 1.82) is 0 Å². The van der Waals surface area contributed by atoms with Crippen LogP contribution in [0.25, 0.3) is 22.2 Å². The molecule has 4 rings (SSSR count). The van der Waals surface area contributed by atoms with Crippen LogP contribution in [0, 0.1) is 19.3 Å². The van der Waals surface area contributed by atoms with Crippen molar-refractivity contribution >= 4 is 22.7 Å². The molecule has 3 heterocycles. The molecule has 0 aliphatic carbocycles. The summed E-state index contributed by atoms with van der Waals surface area (Å²) < 4.78 is 6.12. The molecule has 0 radical (unpaired) electrons. The van der Waals surface area contributed by atoms with E-state index in [1.807, 2.05) is 52.8 Å². The molecule has 35 heavy (non-hydrogen) atoms. The number of aromatic nitrogens is 3. The summed E-state index contributed by atoms with van der Waals surface area (Å²) in [6.45, 7) is 15.6. The van der Waals surface area contributed by atoms with Crippen LogP contribution in [0.5, 0.6) is 0 Å². The number of carbonyl (C=O) groups is 1. The van der Waals surface area contributed by atoms with Gasteiger partial charge in [-0.25, -0.2) is 9.59 Å². The predicted molar refractivity (Wildman–Crippen MR) is 138 cm³/mol. The van der Waals surface area contributed by atoms with Gasteiger partial charge in [0.2, 0.25) is 0 Å². The van der Waals surface area contributed by atoms with E-state index in [4.69, 9.17) is 9.72 Å². The van der Waals surface area contributed by atoms with Crippen LogP contribution in [-0.2, 0) is 9.53 Å². The number of imidazole rings is 1. The molecule has 1 fully saturated rings. The molecule has 1 aliphatic rings. The van der Waals surface area contributed by atoms with E-state index in [9.17, 15) is 14.7 Å². The molecule has 8 heteroatoms. The number of aryl methyl sites for hydroxylation is 2.